The van der Waals surface area contributed by atoms with Gasteiger partial charge < -0.3 is 10.1 Å². The average molecular weight is 270 g/mol. The maximum absolute atomic E-state index is 5.32. The molecule has 3 heteroatoms. The molecule has 0 aromatic heterocycles. The summed E-state index contributed by atoms with van der Waals surface area (Å²) in [7, 11) is 4.06. The molecule has 0 saturated heterocycles. The molecule has 19 heavy (non-hydrogen) atoms. The van der Waals surface area contributed by atoms with Gasteiger partial charge in [-0.1, -0.05) is 20.8 Å². The third-order valence-electron chi connectivity index (χ3n) is 4.89. The van der Waals surface area contributed by atoms with Crippen LogP contribution < -0.4 is 5.32 Å². The van der Waals surface area contributed by atoms with Crippen molar-refractivity contribution in [3.63, 3.8) is 0 Å². The van der Waals surface area contributed by atoms with E-state index < -0.39 is 0 Å². The normalized spacial score (nSPS) is 30.0. The van der Waals surface area contributed by atoms with E-state index in [1.807, 2.05) is 0 Å². The van der Waals surface area contributed by atoms with Crippen LogP contribution in [0.25, 0.3) is 0 Å². The van der Waals surface area contributed by atoms with E-state index in [1.54, 1.807) is 7.11 Å². The van der Waals surface area contributed by atoms with E-state index in [4.69, 9.17) is 4.74 Å². The zero-order valence-corrected chi connectivity index (χ0v) is 13.8. The summed E-state index contributed by atoms with van der Waals surface area (Å²) >= 11 is 0. The molecule has 1 saturated carbocycles. The lowest BCUT2D eigenvalue weighted by Gasteiger charge is -2.44. The highest BCUT2D eigenvalue weighted by molar-refractivity contribution is 4.92. The van der Waals surface area contributed by atoms with Crippen molar-refractivity contribution < 1.29 is 4.74 Å². The second-order valence-corrected chi connectivity index (χ2v) is 6.52. The molecule has 3 nitrogen and oxygen atoms in total. The van der Waals surface area contributed by atoms with Crippen molar-refractivity contribution in [2.75, 3.05) is 27.3 Å². The quantitative estimate of drug-likeness (QED) is 0.770. The molecule has 0 aliphatic heterocycles. The molecule has 1 aliphatic rings. The van der Waals surface area contributed by atoms with Gasteiger partial charge in [0.1, 0.15) is 0 Å². The summed E-state index contributed by atoms with van der Waals surface area (Å²) < 4.78 is 5.32. The van der Waals surface area contributed by atoms with Crippen molar-refractivity contribution in [1.29, 1.82) is 0 Å². The summed E-state index contributed by atoms with van der Waals surface area (Å²) in [5.74, 6) is 1.67. The fourth-order valence-electron chi connectivity index (χ4n) is 3.42. The first-order valence-electron chi connectivity index (χ1n) is 7.95. The maximum Gasteiger partial charge on any atom is 0.0615 e. The number of rotatable bonds is 7. The largest absolute Gasteiger partial charge is 0.383 e. The van der Waals surface area contributed by atoms with E-state index in [0.717, 1.165) is 25.0 Å². The minimum Gasteiger partial charge on any atom is -0.383 e. The van der Waals surface area contributed by atoms with Gasteiger partial charge in [0.05, 0.1) is 6.61 Å². The molecule has 0 bridgehead atoms. The Morgan fingerprint density at radius 1 is 1.26 bits per heavy atom. The van der Waals surface area contributed by atoms with Crippen molar-refractivity contribution in [2.45, 2.75) is 65.1 Å². The van der Waals surface area contributed by atoms with Gasteiger partial charge in [0.25, 0.3) is 0 Å². The molecule has 0 heterocycles. The van der Waals surface area contributed by atoms with Crippen LogP contribution in [-0.2, 0) is 4.74 Å². The summed E-state index contributed by atoms with van der Waals surface area (Å²) in [5.41, 5.74) is 0. The van der Waals surface area contributed by atoms with Gasteiger partial charge in [0.2, 0.25) is 0 Å². The number of nitrogens with zero attached hydrogens (tertiary/aromatic N) is 1. The number of methoxy groups -OCH3 is 1. The highest BCUT2D eigenvalue weighted by atomic mass is 16.5. The minimum atomic E-state index is 0.488. The maximum atomic E-state index is 5.32. The molecular weight excluding hydrogens is 236 g/mol. The van der Waals surface area contributed by atoms with Crippen molar-refractivity contribution >= 4 is 0 Å². The molecule has 4 unspecified atom stereocenters. The predicted molar refractivity (Wildman–Crippen MR) is 82.5 cm³/mol. The van der Waals surface area contributed by atoms with Gasteiger partial charge >= 0.3 is 0 Å². The van der Waals surface area contributed by atoms with E-state index >= 15 is 0 Å². The van der Waals surface area contributed by atoms with Crippen LogP contribution in [0.4, 0.5) is 0 Å². The van der Waals surface area contributed by atoms with Crippen molar-refractivity contribution in [3.05, 3.63) is 0 Å². The number of ether oxygens (including phenoxy) is 1. The Hall–Kier alpha value is -0.120. The van der Waals surface area contributed by atoms with Gasteiger partial charge in [-0.15, -0.1) is 0 Å². The Bertz CT molecular complexity index is 245. The summed E-state index contributed by atoms with van der Waals surface area (Å²) in [4.78, 5) is 2.53. The summed E-state index contributed by atoms with van der Waals surface area (Å²) in [5, 5.41) is 3.69. The smallest absolute Gasteiger partial charge is 0.0615 e. The topological polar surface area (TPSA) is 24.5 Å². The van der Waals surface area contributed by atoms with Gasteiger partial charge in [-0.3, -0.25) is 4.90 Å². The Morgan fingerprint density at radius 3 is 2.47 bits per heavy atom. The third kappa shape index (κ3) is 4.73. The van der Waals surface area contributed by atoms with Gasteiger partial charge in [-0.2, -0.15) is 0 Å². The molecular formula is C16H34N2O. The Kier molecular flexibility index (Phi) is 7.33. The van der Waals surface area contributed by atoms with Gasteiger partial charge in [-0.25, -0.2) is 0 Å². The van der Waals surface area contributed by atoms with Crippen molar-refractivity contribution in [2.24, 2.45) is 11.8 Å². The van der Waals surface area contributed by atoms with Crippen LogP contribution in [0.2, 0.25) is 0 Å². The highest BCUT2D eigenvalue weighted by Gasteiger charge is 2.35. The Balaban J connectivity index is 2.69. The van der Waals surface area contributed by atoms with Crippen molar-refractivity contribution in [3.8, 4) is 0 Å². The summed E-state index contributed by atoms with van der Waals surface area (Å²) in [6.07, 6.45) is 4.00. The number of nitrogens with one attached hydrogen (secondary N) is 1. The fraction of sp³-hybridized carbons (Fsp3) is 1.00. The molecule has 1 aliphatic carbocycles. The highest BCUT2D eigenvalue weighted by Crippen LogP contribution is 2.33. The molecule has 0 radical (unpaired) electrons. The van der Waals surface area contributed by atoms with E-state index in [9.17, 15) is 0 Å². The second-order valence-electron chi connectivity index (χ2n) is 6.52. The Labute approximate surface area is 120 Å². The Morgan fingerprint density at radius 2 is 1.95 bits per heavy atom. The third-order valence-corrected chi connectivity index (χ3v) is 4.89. The monoisotopic (exact) mass is 270 g/mol. The SMILES string of the molecule is CCNC1CCC(C(C)C)CC1N(C)C(C)COC. The zero-order chi connectivity index (χ0) is 14.4. The molecule has 1 N–H and O–H groups in total. The fourth-order valence-corrected chi connectivity index (χ4v) is 3.42. The van der Waals surface area contributed by atoms with Crippen LogP contribution in [0, 0.1) is 11.8 Å². The van der Waals surface area contributed by atoms with E-state index in [0.29, 0.717) is 18.1 Å². The molecule has 0 spiro atoms. The standard InChI is InChI=1S/C16H34N2O/c1-7-17-15-9-8-14(12(2)3)10-16(15)18(5)13(4)11-19-6/h12-17H,7-11H2,1-6H3. The van der Waals surface area contributed by atoms with Gasteiger partial charge in [-0.05, 0) is 51.6 Å². The van der Waals surface area contributed by atoms with E-state index in [-0.39, 0.29) is 0 Å². The van der Waals surface area contributed by atoms with Crippen LogP contribution in [0.3, 0.4) is 0 Å². The van der Waals surface area contributed by atoms with Crippen LogP contribution in [0.5, 0.6) is 0 Å². The lowest BCUT2D eigenvalue weighted by Crippen LogP contribution is -2.55. The zero-order valence-electron chi connectivity index (χ0n) is 13.8. The van der Waals surface area contributed by atoms with Crippen LogP contribution in [-0.4, -0.2) is 50.3 Å². The lowest BCUT2D eigenvalue weighted by molar-refractivity contribution is 0.0421. The number of hydrogen-bond acceptors (Lipinski definition) is 3. The molecule has 4 atom stereocenters. The molecule has 1 fully saturated rings. The average Bonchev–Trinajstić information content (AvgIpc) is 2.38. The van der Waals surface area contributed by atoms with E-state index in [2.05, 4.69) is 45.0 Å². The van der Waals surface area contributed by atoms with Crippen LogP contribution >= 0.6 is 0 Å². The van der Waals surface area contributed by atoms with Gasteiger partial charge in [0, 0.05) is 25.2 Å². The first-order chi connectivity index (χ1) is 9.01. The first-order valence-corrected chi connectivity index (χ1v) is 7.95. The van der Waals surface area contributed by atoms with Crippen LogP contribution in [0.1, 0.15) is 47.0 Å². The number of likely N-dealkylation sites (N-methyl/N-ethyl adjacent to an activating group) is 2. The molecule has 114 valence electrons. The lowest BCUT2D eigenvalue weighted by atomic mass is 9.76. The number of hydrogen-bond donors (Lipinski definition) is 1. The molecule has 0 amide bonds. The van der Waals surface area contributed by atoms with Crippen molar-refractivity contribution in [1.82, 2.24) is 10.2 Å². The summed E-state index contributed by atoms with van der Waals surface area (Å²) in [6.45, 7) is 11.1. The predicted octanol–water partition coefficient (Wildman–Crippen LogP) is 2.76. The second kappa shape index (κ2) is 8.23. The van der Waals surface area contributed by atoms with Crippen LogP contribution in [0.15, 0.2) is 0 Å². The molecule has 1 rings (SSSR count). The summed E-state index contributed by atoms with van der Waals surface area (Å²) in [6, 6.07) is 1.78. The minimum absolute atomic E-state index is 0.488. The first kappa shape index (κ1) is 16.9. The van der Waals surface area contributed by atoms with Gasteiger partial charge in [0.15, 0.2) is 0 Å². The van der Waals surface area contributed by atoms with E-state index in [1.165, 1.54) is 19.3 Å². The molecule has 0 aromatic rings. The molecule has 0 aromatic carbocycles.